The zero-order valence-corrected chi connectivity index (χ0v) is 20.0. The third-order valence-electron chi connectivity index (χ3n) is 5.34. The molecule has 2 aromatic carbocycles. The molecule has 3 amide bonds. The van der Waals surface area contributed by atoms with Gasteiger partial charge in [-0.25, -0.2) is 23.4 Å². The minimum Gasteiger partial charge on any atom is -0.465 e. The van der Waals surface area contributed by atoms with Gasteiger partial charge in [-0.05, 0) is 65.0 Å². The molecule has 0 saturated heterocycles. The molecule has 0 radical (unpaired) electrons. The maximum Gasteiger partial charge on any atom is 0.408 e. The minimum absolute atomic E-state index is 0.112. The van der Waals surface area contributed by atoms with Crippen molar-refractivity contribution in [1.29, 1.82) is 0 Å². The van der Waals surface area contributed by atoms with Crippen LogP contribution in [0.3, 0.4) is 0 Å². The molecule has 0 fully saturated rings. The highest BCUT2D eigenvalue weighted by molar-refractivity contribution is 5.89. The van der Waals surface area contributed by atoms with Crippen molar-refractivity contribution < 1.29 is 23.5 Å². The normalized spacial score (nSPS) is 12.3. The van der Waals surface area contributed by atoms with E-state index in [1.54, 1.807) is 39.8 Å². The van der Waals surface area contributed by atoms with Gasteiger partial charge in [0, 0.05) is 17.8 Å². The van der Waals surface area contributed by atoms with Gasteiger partial charge >= 0.3 is 12.1 Å². The molecule has 1 heterocycles. The molecular weight excluding hydrogens is 460 g/mol. The van der Waals surface area contributed by atoms with Gasteiger partial charge in [0.1, 0.15) is 28.4 Å². The van der Waals surface area contributed by atoms with Crippen LogP contribution >= 0.6 is 0 Å². The number of carbonyl (C=O) groups is 2. The lowest BCUT2D eigenvalue weighted by Gasteiger charge is -2.38. The first-order valence-electron chi connectivity index (χ1n) is 10.9. The molecule has 0 aliphatic carbocycles. The standard InChI is InChI=1S/C24H27F2N5O4/c1-6-27-22(33)28-14-8-7-9-15(12-14)30-20(13(2)31(23(34)35)24(3,4)5)29-19-17(26)11-10-16(25)18(19)21(30)32/h7-13H,6H2,1-5H3,(H,34,35)(H2,27,28,33). The first-order chi connectivity index (χ1) is 16.4. The molecular formula is C24H27F2N5O4. The monoisotopic (exact) mass is 487 g/mol. The van der Waals surface area contributed by atoms with E-state index in [1.807, 2.05) is 0 Å². The lowest BCUT2D eigenvalue weighted by molar-refractivity contribution is 0.0719. The van der Waals surface area contributed by atoms with E-state index in [4.69, 9.17) is 0 Å². The molecule has 11 heteroatoms. The molecule has 3 aromatic rings. The number of hydrogen-bond acceptors (Lipinski definition) is 4. The van der Waals surface area contributed by atoms with Gasteiger partial charge in [0.2, 0.25) is 0 Å². The van der Waals surface area contributed by atoms with Crippen LogP contribution in [0.4, 0.5) is 24.1 Å². The average Bonchev–Trinajstić information content (AvgIpc) is 2.74. The topological polar surface area (TPSA) is 117 Å². The van der Waals surface area contributed by atoms with Crippen molar-refractivity contribution in [2.24, 2.45) is 0 Å². The van der Waals surface area contributed by atoms with Gasteiger partial charge < -0.3 is 15.7 Å². The number of aromatic nitrogens is 2. The first kappa shape index (κ1) is 25.6. The van der Waals surface area contributed by atoms with E-state index < -0.39 is 51.8 Å². The van der Waals surface area contributed by atoms with Gasteiger partial charge in [0.05, 0.1) is 11.7 Å². The maximum atomic E-state index is 14.7. The van der Waals surface area contributed by atoms with Crippen molar-refractivity contribution in [1.82, 2.24) is 19.8 Å². The number of benzene rings is 2. The number of amides is 3. The van der Waals surface area contributed by atoms with Gasteiger partial charge in [0.25, 0.3) is 5.56 Å². The number of halogens is 2. The number of hydrogen-bond donors (Lipinski definition) is 3. The molecule has 3 N–H and O–H groups in total. The van der Waals surface area contributed by atoms with Crippen molar-refractivity contribution in [2.45, 2.75) is 46.2 Å². The van der Waals surface area contributed by atoms with Crippen LogP contribution in [0.5, 0.6) is 0 Å². The fraction of sp³-hybridized carbons (Fsp3) is 0.333. The summed E-state index contributed by atoms with van der Waals surface area (Å²) in [6, 6.07) is 6.31. The van der Waals surface area contributed by atoms with Gasteiger partial charge in [0.15, 0.2) is 0 Å². The third kappa shape index (κ3) is 5.08. The van der Waals surface area contributed by atoms with Crippen LogP contribution in [0.15, 0.2) is 41.2 Å². The van der Waals surface area contributed by atoms with E-state index in [2.05, 4.69) is 15.6 Å². The molecule has 1 atom stereocenters. The van der Waals surface area contributed by atoms with E-state index in [-0.39, 0.29) is 11.5 Å². The van der Waals surface area contributed by atoms with Crippen molar-refractivity contribution in [3.8, 4) is 5.69 Å². The van der Waals surface area contributed by atoms with Crippen LogP contribution in [0.25, 0.3) is 16.6 Å². The van der Waals surface area contributed by atoms with Crippen LogP contribution in [0, 0.1) is 11.6 Å². The van der Waals surface area contributed by atoms with E-state index in [9.17, 15) is 28.3 Å². The summed E-state index contributed by atoms with van der Waals surface area (Å²) in [5, 5.41) is 14.5. The average molecular weight is 488 g/mol. The van der Waals surface area contributed by atoms with Gasteiger partial charge in [-0.1, -0.05) is 6.07 Å². The highest BCUT2D eigenvalue weighted by Crippen LogP contribution is 2.30. The number of rotatable bonds is 5. The van der Waals surface area contributed by atoms with Crippen molar-refractivity contribution >= 4 is 28.7 Å². The fourth-order valence-corrected chi connectivity index (χ4v) is 3.97. The van der Waals surface area contributed by atoms with Crippen LogP contribution in [0.1, 0.15) is 46.5 Å². The summed E-state index contributed by atoms with van der Waals surface area (Å²) in [4.78, 5) is 43.0. The van der Waals surface area contributed by atoms with E-state index in [1.165, 1.54) is 19.1 Å². The molecule has 9 nitrogen and oxygen atoms in total. The fourth-order valence-electron chi connectivity index (χ4n) is 3.97. The molecule has 35 heavy (non-hydrogen) atoms. The summed E-state index contributed by atoms with van der Waals surface area (Å²) in [7, 11) is 0. The molecule has 1 aromatic heterocycles. The molecule has 0 bridgehead atoms. The van der Waals surface area contributed by atoms with Gasteiger partial charge in [-0.3, -0.25) is 14.3 Å². The first-order valence-corrected chi connectivity index (χ1v) is 10.9. The third-order valence-corrected chi connectivity index (χ3v) is 5.34. The Morgan fingerprint density at radius 2 is 1.83 bits per heavy atom. The van der Waals surface area contributed by atoms with Crippen LogP contribution in [0.2, 0.25) is 0 Å². The summed E-state index contributed by atoms with van der Waals surface area (Å²) in [6.07, 6.45) is -1.28. The van der Waals surface area contributed by atoms with E-state index >= 15 is 0 Å². The number of urea groups is 1. The van der Waals surface area contributed by atoms with Crippen molar-refractivity contribution in [3.63, 3.8) is 0 Å². The summed E-state index contributed by atoms with van der Waals surface area (Å²) in [6.45, 7) is 8.65. The molecule has 0 spiro atoms. The number of anilines is 1. The Kier molecular flexibility index (Phi) is 7.09. The summed E-state index contributed by atoms with van der Waals surface area (Å²) < 4.78 is 30.4. The predicted octanol–water partition coefficient (Wildman–Crippen LogP) is 4.64. The largest absolute Gasteiger partial charge is 0.465 e. The summed E-state index contributed by atoms with van der Waals surface area (Å²) in [5.41, 5.74) is -1.81. The Labute approximate surface area is 200 Å². The Balaban J connectivity index is 2.35. The van der Waals surface area contributed by atoms with Crippen molar-refractivity contribution in [2.75, 3.05) is 11.9 Å². The predicted molar refractivity (Wildman–Crippen MR) is 128 cm³/mol. The Morgan fingerprint density at radius 1 is 1.17 bits per heavy atom. The number of carbonyl (C=O) groups excluding carboxylic acids is 1. The SMILES string of the molecule is CCNC(=O)Nc1cccc(-n2c(C(C)N(C(=O)O)C(C)(C)C)nc3c(F)ccc(F)c3c2=O)c1. The minimum atomic E-state index is -1.28. The molecule has 186 valence electrons. The second-order valence-electron chi connectivity index (χ2n) is 8.90. The summed E-state index contributed by atoms with van der Waals surface area (Å²) in [5.74, 6) is -1.99. The smallest absolute Gasteiger partial charge is 0.408 e. The van der Waals surface area contributed by atoms with Crippen LogP contribution in [-0.4, -0.2) is 43.8 Å². The number of nitrogens with one attached hydrogen (secondary N) is 2. The number of fused-ring (bicyclic) bond motifs is 1. The maximum absolute atomic E-state index is 14.7. The Hall–Kier alpha value is -4.02. The molecule has 1 unspecified atom stereocenters. The lowest BCUT2D eigenvalue weighted by atomic mass is 10.0. The lowest BCUT2D eigenvalue weighted by Crippen LogP contribution is -2.47. The van der Waals surface area contributed by atoms with Crippen LogP contribution in [-0.2, 0) is 0 Å². The molecule has 0 saturated carbocycles. The highest BCUT2D eigenvalue weighted by atomic mass is 19.1. The van der Waals surface area contributed by atoms with Crippen molar-refractivity contribution in [3.05, 3.63) is 64.2 Å². The van der Waals surface area contributed by atoms with E-state index in [0.717, 1.165) is 21.6 Å². The molecule has 3 rings (SSSR count). The van der Waals surface area contributed by atoms with Gasteiger partial charge in [-0.15, -0.1) is 0 Å². The Bertz CT molecular complexity index is 1350. The number of carboxylic acid groups (broad SMARTS) is 1. The zero-order chi connectivity index (χ0) is 26.1. The highest BCUT2D eigenvalue weighted by Gasteiger charge is 2.35. The molecule has 0 aliphatic rings. The second kappa shape index (κ2) is 9.69. The zero-order valence-electron chi connectivity index (χ0n) is 20.0. The number of nitrogens with zero attached hydrogens (tertiary/aromatic N) is 3. The summed E-state index contributed by atoms with van der Waals surface area (Å²) >= 11 is 0. The Morgan fingerprint density at radius 3 is 2.43 bits per heavy atom. The van der Waals surface area contributed by atoms with E-state index in [0.29, 0.717) is 12.2 Å². The van der Waals surface area contributed by atoms with Crippen LogP contribution < -0.4 is 16.2 Å². The molecule has 0 aliphatic heterocycles. The second-order valence-corrected chi connectivity index (χ2v) is 8.90. The quantitative estimate of drug-likeness (QED) is 0.485. The van der Waals surface area contributed by atoms with Gasteiger partial charge in [-0.2, -0.15) is 0 Å².